The predicted molar refractivity (Wildman–Crippen MR) is 79.3 cm³/mol. The lowest BCUT2D eigenvalue weighted by molar-refractivity contribution is -0.254. The molecule has 0 aliphatic heterocycles. The van der Waals surface area contributed by atoms with Crippen molar-refractivity contribution in [2.75, 3.05) is 14.2 Å². The van der Waals surface area contributed by atoms with Crippen LogP contribution in [-0.4, -0.2) is 41.8 Å². The Morgan fingerprint density at radius 1 is 1.19 bits per heavy atom. The number of hydrogen-bond donors (Lipinski definition) is 0. The number of rotatable bonds is 5. The van der Waals surface area contributed by atoms with Crippen LogP contribution in [0.3, 0.4) is 0 Å². The van der Waals surface area contributed by atoms with Crippen molar-refractivity contribution in [2.24, 2.45) is 0 Å². The van der Waals surface area contributed by atoms with Crippen LogP contribution in [0.15, 0.2) is 23.5 Å². The van der Waals surface area contributed by atoms with E-state index in [4.69, 9.17) is 18.9 Å². The van der Waals surface area contributed by atoms with Gasteiger partial charge in [-0.15, -0.1) is 0 Å². The Kier molecular flexibility index (Phi) is 5.51. The van der Waals surface area contributed by atoms with Crippen LogP contribution in [-0.2, 0) is 33.3 Å². The van der Waals surface area contributed by atoms with Gasteiger partial charge in [0.05, 0.1) is 7.11 Å². The van der Waals surface area contributed by atoms with Gasteiger partial charge in [-0.1, -0.05) is 0 Å². The van der Waals surface area contributed by atoms with Crippen LogP contribution in [0, 0.1) is 0 Å². The van der Waals surface area contributed by atoms with E-state index in [0.29, 0.717) is 6.29 Å². The van der Waals surface area contributed by atoms with Gasteiger partial charge in [-0.25, -0.2) is 0 Å². The zero-order chi connectivity index (χ0) is 16.3. The van der Waals surface area contributed by atoms with Crippen LogP contribution < -0.4 is 0 Å². The van der Waals surface area contributed by atoms with E-state index >= 15 is 0 Å². The van der Waals surface area contributed by atoms with Crippen LogP contribution in [0.4, 0.5) is 0 Å². The van der Waals surface area contributed by atoms with Crippen LogP contribution in [0.5, 0.6) is 0 Å². The van der Waals surface area contributed by atoms with E-state index in [1.54, 1.807) is 22.6 Å². The van der Waals surface area contributed by atoms with Gasteiger partial charge in [0.1, 0.15) is 6.29 Å². The van der Waals surface area contributed by atoms with Crippen molar-refractivity contribution >= 4 is 40.8 Å². The van der Waals surface area contributed by atoms with E-state index in [0.717, 1.165) is 13.8 Å². The number of halogens is 1. The average Bonchev–Trinajstić information content (AvgIpc) is 2.40. The summed E-state index contributed by atoms with van der Waals surface area (Å²) in [4.78, 5) is 34.0. The molecule has 7 nitrogen and oxygen atoms in total. The summed E-state index contributed by atoms with van der Waals surface area (Å²) >= 11 is 1.78. The first-order chi connectivity index (χ1) is 9.74. The predicted octanol–water partition coefficient (Wildman–Crippen LogP) is 1.26. The summed E-state index contributed by atoms with van der Waals surface area (Å²) in [5, 5.41) is 0. The fourth-order valence-electron chi connectivity index (χ4n) is 1.89. The van der Waals surface area contributed by atoms with Gasteiger partial charge >= 0.3 is 17.7 Å². The molecule has 0 aromatic carbocycles. The molecular formula is C13H15IO7. The molecule has 0 saturated carbocycles. The highest BCUT2D eigenvalue weighted by Gasteiger charge is 2.62. The van der Waals surface area contributed by atoms with Crippen molar-refractivity contribution in [3.05, 3.63) is 23.5 Å². The van der Waals surface area contributed by atoms with Gasteiger partial charge in [0.2, 0.25) is 3.61 Å². The molecule has 1 rings (SSSR count). The first-order valence-electron chi connectivity index (χ1n) is 5.82. The molecule has 1 atom stereocenters. The molecule has 0 N–H and O–H groups in total. The Morgan fingerprint density at radius 2 is 1.71 bits per heavy atom. The third kappa shape index (κ3) is 3.26. The molecule has 0 bridgehead atoms. The molecule has 0 aromatic heterocycles. The maximum Gasteiger partial charge on any atom is 0.357 e. The summed E-state index contributed by atoms with van der Waals surface area (Å²) in [5.41, 5.74) is 0.234. The Hall–Kier alpha value is -1.42. The van der Waals surface area contributed by atoms with E-state index in [9.17, 15) is 14.4 Å². The summed E-state index contributed by atoms with van der Waals surface area (Å²) in [5.74, 6) is -3.41. The number of ether oxygens (including phenoxy) is 4. The van der Waals surface area contributed by atoms with Gasteiger partial charge in [0.15, 0.2) is 5.76 Å². The smallest absolute Gasteiger partial charge is 0.357 e. The molecular weight excluding hydrogens is 395 g/mol. The van der Waals surface area contributed by atoms with Gasteiger partial charge in [-0.3, -0.25) is 14.4 Å². The van der Waals surface area contributed by atoms with Crippen molar-refractivity contribution in [3.63, 3.8) is 0 Å². The zero-order valence-electron chi connectivity index (χ0n) is 12.0. The quantitative estimate of drug-likeness (QED) is 0.222. The van der Waals surface area contributed by atoms with Crippen LogP contribution in [0.2, 0.25) is 0 Å². The number of hydrogen-bond acceptors (Lipinski definition) is 7. The number of carbonyl (C=O) groups is 3. The molecule has 8 heteroatoms. The molecule has 0 radical (unpaired) electrons. The van der Waals surface area contributed by atoms with Crippen molar-refractivity contribution in [1.82, 2.24) is 0 Å². The molecule has 1 unspecified atom stereocenters. The lowest BCUT2D eigenvalue weighted by atomic mass is 9.96. The molecule has 0 amide bonds. The molecule has 1 aliphatic rings. The second kappa shape index (κ2) is 6.56. The van der Waals surface area contributed by atoms with Gasteiger partial charge in [-0.05, 0) is 34.7 Å². The second-order valence-corrected chi connectivity index (χ2v) is 5.73. The number of esters is 2. The van der Waals surface area contributed by atoms with Crippen molar-refractivity contribution < 1.29 is 33.3 Å². The number of allylic oxidation sites excluding steroid dienone is 2. The van der Waals surface area contributed by atoms with E-state index in [1.165, 1.54) is 26.4 Å². The molecule has 1 aliphatic carbocycles. The van der Waals surface area contributed by atoms with Gasteiger partial charge in [-0.2, -0.15) is 0 Å². The minimum atomic E-state index is -1.96. The highest BCUT2D eigenvalue weighted by atomic mass is 127. The van der Waals surface area contributed by atoms with E-state index in [-0.39, 0.29) is 11.3 Å². The third-order valence-electron chi connectivity index (χ3n) is 2.65. The first kappa shape index (κ1) is 17.6. The monoisotopic (exact) mass is 410 g/mol. The number of carbonyl (C=O) groups excluding carboxylic acids is 3. The Bertz CT molecular complexity index is 507. The Labute approximate surface area is 135 Å². The third-order valence-corrected chi connectivity index (χ3v) is 4.11. The molecule has 116 valence electrons. The fraction of sp³-hybridized carbons (Fsp3) is 0.462. The summed E-state index contributed by atoms with van der Waals surface area (Å²) in [7, 11) is 2.62. The topological polar surface area (TPSA) is 88.1 Å². The van der Waals surface area contributed by atoms with Gasteiger partial charge in [0.25, 0.3) is 0 Å². The highest BCUT2D eigenvalue weighted by Crippen LogP contribution is 2.47. The summed E-state index contributed by atoms with van der Waals surface area (Å²) in [6.45, 7) is 2.31. The summed E-state index contributed by atoms with van der Waals surface area (Å²) in [6, 6.07) is 0. The molecule has 0 heterocycles. The zero-order valence-corrected chi connectivity index (χ0v) is 14.1. The molecule has 0 saturated heterocycles. The standard InChI is InChI=1S/C13H15IO7/c1-8(16)20-13(21-9(2)17)11(18-3)5-10(7-15)6-12(13,14)19-4/h5-7H,1-4H3. The minimum absolute atomic E-state index is 0.0336. The molecule has 0 aromatic rings. The van der Waals surface area contributed by atoms with Crippen LogP contribution in [0.25, 0.3) is 0 Å². The van der Waals surface area contributed by atoms with E-state index < -0.39 is 21.3 Å². The van der Waals surface area contributed by atoms with E-state index in [1.807, 2.05) is 0 Å². The fourth-order valence-corrected chi connectivity index (χ4v) is 2.73. The highest BCUT2D eigenvalue weighted by molar-refractivity contribution is 14.1. The molecule has 21 heavy (non-hydrogen) atoms. The summed E-state index contributed by atoms with van der Waals surface area (Å²) < 4.78 is 19.5. The SMILES string of the molecule is COC1=CC(C=O)=CC(I)(OC)C1(OC(C)=O)OC(C)=O. The Balaban J connectivity index is 3.57. The van der Waals surface area contributed by atoms with Gasteiger partial charge in [0, 0.05) is 26.5 Å². The maximum atomic E-state index is 11.5. The van der Waals surface area contributed by atoms with Crippen LogP contribution in [0.1, 0.15) is 13.8 Å². The lowest BCUT2D eigenvalue weighted by Crippen LogP contribution is -2.58. The lowest BCUT2D eigenvalue weighted by Gasteiger charge is -2.43. The van der Waals surface area contributed by atoms with Crippen molar-refractivity contribution in [2.45, 2.75) is 23.2 Å². The summed E-state index contributed by atoms with van der Waals surface area (Å²) in [6.07, 6.45) is 3.28. The first-order valence-corrected chi connectivity index (χ1v) is 6.90. The van der Waals surface area contributed by atoms with Crippen LogP contribution >= 0.6 is 22.6 Å². The Morgan fingerprint density at radius 3 is 2.05 bits per heavy atom. The largest absolute Gasteiger partial charge is 0.493 e. The van der Waals surface area contributed by atoms with E-state index in [2.05, 4.69) is 0 Å². The maximum absolute atomic E-state index is 11.5. The van der Waals surface area contributed by atoms with Gasteiger partial charge < -0.3 is 18.9 Å². The van der Waals surface area contributed by atoms with Crippen molar-refractivity contribution in [3.8, 4) is 0 Å². The second-order valence-electron chi connectivity index (χ2n) is 4.13. The minimum Gasteiger partial charge on any atom is -0.493 e. The normalized spacial score (nSPS) is 23.5. The number of alkyl halides is 1. The molecule has 0 spiro atoms. The number of aldehydes is 1. The molecule has 0 fully saturated rings. The number of methoxy groups -OCH3 is 2. The average molecular weight is 410 g/mol. The van der Waals surface area contributed by atoms with Crippen molar-refractivity contribution in [1.29, 1.82) is 0 Å².